The first-order valence-electron chi connectivity index (χ1n) is 30.0. The minimum Gasteiger partial charge on any atom is -0.381 e. The van der Waals surface area contributed by atoms with Gasteiger partial charge in [-0.3, -0.25) is 19.3 Å². The van der Waals surface area contributed by atoms with Crippen LogP contribution in [-0.2, 0) is 28.6 Å². The molecule has 9 heteroatoms. The number of amides is 3. The zero-order valence-corrected chi connectivity index (χ0v) is 46.9. The molecule has 2 aliphatic heterocycles. The minimum atomic E-state index is -0.475. The third kappa shape index (κ3) is 34.5. The predicted molar refractivity (Wildman–Crippen MR) is 299 cm³/mol. The number of nitrogens with zero attached hydrogens (tertiary/aromatic N) is 2. The van der Waals surface area contributed by atoms with Crippen LogP contribution in [0.1, 0.15) is 258 Å². The van der Waals surface area contributed by atoms with Gasteiger partial charge in [-0.15, -0.1) is 0 Å². The van der Waals surface area contributed by atoms with Crippen LogP contribution < -0.4 is 5.32 Å². The lowest BCUT2D eigenvalue weighted by atomic mass is 9.98. The van der Waals surface area contributed by atoms with Crippen molar-refractivity contribution in [2.75, 3.05) is 46.9 Å². The summed E-state index contributed by atoms with van der Waals surface area (Å²) in [7, 11) is 4.30. The summed E-state index contributed by atoms with van der Waals surface area (Å²) in [6, 6.07) is 0. The van der Waals surface area contributed by atoms with Crippen LogP contribution in [-0.4, -0.2) is 92.5 Å². The van der Waals surface area contributed by atoms with Gasteiger partial charge in [-0.25, -0.2) is 0 Å². The maximum atomic E-state index is 12.3. The number of nitrogens with one attached hydrogen (secondary N) is 1. The van der Waals surface area contributed by atoms with E-state index in [4.69, 9.17) is 14.2 Å². The van der Waals surface area contributed by atoms with Gasteiger partial charge < -0.3 is 24.4 Å². The van der Waals surface area contributed by atoms with Crippen molar-refractivity contribution in [3.63, 3.8) is 0 Å². The van der Waals surface area contributed by atoms with Gasteiger partial charge in [-0.2, -0.15) is 0 Å². The van der Waals surface area contributed by atoms with Gasteiger partial charge in [-0.1, -0.05) is 166 Å². The molecule has 3 atom stereocenters. The second-order valence-electron chi connectivity index (χ2n) is 21.4. The molecule has 2 rings (SSSR count). The third-order valence-corrected chi connectivity index (χ3v) is 14.4. The fourth-order valence-electron chi connectivity index (χ4n) is 9.85. The molecule has 0 spiro atoms. The average molecular weight is 995 g/mol. The molecule has 0 aromatic carbocycles. The summed E-state index contributed by atoms with van der Waals surface area (Å²) in [6.07, 6.45) is 60.2. The summed E-state index contributed by atoms with van der Waals surface area (Å²) in [6.45, 7) is 9.95. The summed E-state index contributed by atoms with van der Waals surface area (Å²) >= 11 is 0. The number of unbranched alkanes of at least 4 members (excludes halogenated alkanes) is 23. The van der Waals surface area contributed by atoms with Crippen LogP contribution in [0.15, 0.2) is 48.6 Å². The lowest BCUT2D eigenvalue weighted by molar-refractivity contribution is -0.188. The van der Waals surface area contributed by atoms with E-state index in [0.29, 0.717) is 32.5 Å². The number of hydrogen-bond donors (Lipinski definition) is 1. The highest BCUT2D eigenvalue weighted by atomic mass is 16.8. The van der Waals surface area contributed by atoms with Crippen molar-refractivity contribution >= 4 is 17.7 Å². The molecule has 410 valence electrons. The highest BCUT2D eigenvalue weighted by Crippen LogP contribution is 2.40. The van der Waals surface area contributed by atoms with Crippen molar-refractivity contribution in [1.82, 2.24) is 15.1 Å². The molecule has 3 amide bonds. The van der Waals surface area contributed by atoms with Gasteiger partial charge >= 0.3 is 0 Å². The minimum absolute atomic E-state index is 0.0549. The Hall–Kier alpha value is -2.59. The Morgan fingerprint density at radius 2 is 1.08 bits per heavy atom. The largest absolute Gasteiger partial charge is 0.381 e. The normalized spacial score (nSPS) is 18.4. The second-order valence-corrected chi connectivity index (χ2v) is 21.4. The van der Waals surface area contributed by atoms with Gasteiger partial charge in [-0.05, 0) is 130 Å². The molecule has 2 aliphatic rings. The Morgan fingerprint density at radius 1 is 0.606 bits per heavy atom. The molecule has 9 nitrogen and oxygen atoms in total. The molecule has 0 aromatic rings. The molecule has 71 heavy (non-hydrogen) atoms. The van der Waals surface area contributed by atoms with Gasteiger partial charge in [0.2, 0.25) is 17.7 Å². The van der Waals surface area contributed by atoms with Gasteiger partial charge in [0.15, 0.2) is 5.79 Å². The second kappa shape index (κ2) is 44.9. The summed E-state index contributed by atoms with van der Waals surface area (Å²) in [5.41, 5.74) is 0. The first kappa shape index (κ1) is 64.5. The predicted octanol–water partition coefficient (Wildman–Crippen LogP) is 15.9. The van der Waals surface area contributed by atoms with Crippen molar-refractivity contribution in [1.29, 1.82) is 0 Å². The quantitative estimate of drug-likeness (QED) is 0.0368. The molecule has 1 N–H and O–H groups in total. The maximum Gasteiger partial charge on any atom is 0.232 e. The summed E-state index contributed by atoms with van der Waals surface area (Å²) in [4.78, 5) is 40.0. The van der Waals surface area contributed by atoms with E-state index in [0.717, 1.165) is 109 Å². The van der Waals surface area contributed by atoms with E-state index in [1.54, 1.807) is 0 Å². The van der Waals surface area contributed by atoms with Crippen LogP contribution in [0, 0.1) is 5.92 Å². The zero-order chi connectivity index (χ0) is 51.3. The topological polar surface area (TPSA) is 97.4 Å². The number of imide groups is 1. The Balaban J connectivity index is 1.72. The lowest BCUT2D eigenvalue weighted by Crippen LogP contribution is -2.31. The fourth-order valence-corrected chi connectivity index (χ4v) is 9.85. The van der Waals surface area contributed by atoms with Crippen LogP contribution >= 0.6 is 0 Å². The molecule has 0 radical (unpaired) electrons. The number of ether oxygens (including phenoxy) is 3. The molecular formula is C62H111N3O6. The van der Waals surface area contributed by atoms with Crippen LogP contribution in [0.5, 0.6) is 0 Å². The first-order valence-corrected chi connectivity index (χ1v) is 30.0. The summed E-state index contributed by atoms with van der Waals surface area (Å²) < 4.78 is 20.4. The van der Waals surface area contributed by atoms with E-state index in [2.05, 4.69) is 86.8 Å². The van der Waals surface area contributed by atoms with Crippen LogP contribution in [0.25, 0.3) is 0 Å². The maximum absolute atomic E-state index is 12.3. The number of hydrogen-bond acceptors (Lipinski definition) is 7. The summed E-state index contributed by atoms with van der Waals surface area (Å²) in [5, 5.41) is 3.06. The Kier molecular flexibility index (Phi) is 40.8. The molecule has 0 bridgehead atoms. The monoisotopic (exact) mass is 994 g/mol. The van der Waals surface area contributed by atoms with E-state index >= 15 is 0 Å². The Bertz CT molecular complexity index is 1380. The van der Waals surface area contributed by atoms with E-state index in [-0.39, 0.29) is 35.8 Å². The third-order valence-electron chi connectivity index (χ3n) is 14.4. The molecule has 2 saturated heterocycles. The van der Waals surface area contributed by atoms with Crippen molar-refractivity contribution in [2.45, 2.75) is 276 Å². The smallest absolute Gasteiger partial charge is 0.232 e. The molecule has 0 aromatic heterocycles. The fraction of sp³-hybridized carbons (Fsp3) is 0.823. The first-order chi connectivity index (χ1) is 34.7. The molecule has 2 heterocycles. The van der Waals surface area contributed by atoms with Crippen LogP contribution in [0.3, 0.4) is 0 Å². The Labute approximate surface area is 437 Å². The number of likely N-dealkylation sites (tertiary alicyclic amines) is 1. The number of allylic oxidation sites excluding steroid dienone is 8. The average Bonchev–Trinajstić information content (AvgIpc) is 3.83. The van der Waals surface area contributed by atoms with Crippen molar-refractivity contribution in [3.05, 3.63) is 48.6 Å². The van der Waals surface area contributed by atoms with E-state index in [9.17, 15) is 14.4 Å². The number of carbonyl (C=O) groups is 3. The number of rotatable bonds is 49. The molecule has 2 fully saturated rings. The summed E-state index contributed by atoms with van der Waals surface area (Å²) in [5.74, 6) is -0.696. The highest BCUT2D eigenvalue weighted by molar-refractivity contribution is 6.03. The van der Waals surface area contributed by atoms with Crippen molar-refractivity contribution in [2.24, 2.45) is 5.92 Å². The van der Waals surface area contributed by atoms with Crippen molar-refractivity contribution < 1.29 is 28.6 Å². The van der Waals surface area contributed by atoms with Gasteiger partial charge in [0.25, 0.3) is 0 Å². The zero-order valence-electron chi connectivity index (χ0n) is 46.9. The lowest BCUT2D eigenvalue weighted by Gasteiger charge is -2.29. The molecule has 0 aliphatic carbocycles. The SMILES string of the molecule is CCCCC/C=C\C/C=C\CCCCCCCCC1(CCCCCCCC/C=C\C/C=C\CCCCC)OC(CCOCCCCCCNC(=O)CCCCCN2C(=O)CC(C)C2=O)C(CCN(C)C)O1. The van der Waals surface area contributed by atoms with Crippen LogP contribution in [0.2, 0.25) is 0 Å². The molecular weight excluding hydrogens is 883 g/mol. The van der Waals surface area contributed by atoms with Gasteiger partial charge in [0.05, 0.1) is 12.2 Å². The number of carbonyl (C=O) groups excluding carboxylic acids is 3. The van der Waals surface area contributed by atoms with Crippen LogP contribution in [0.4, 0.5) is 0 Å². The highest BCUT2D eigenvalue weighted by Gasteiger charge is 2.46. The molecule has 3 unspecified atom stereocenters. The Morgan fingerprint density at radius 3 is 1.61 bits per heavy atom. The van der Waals surface area contributed by atoms with E-state index in [1.807, 2.05) is 6.92 Å². The van der Waals surface area contributed by atoms with Crippen molar-refractivity contribution in [3.8, 4) is 0 Å². The van der Waals surface area contributed by atoms with E-state index < -0.39 is 5.79 Å². The molecule has 0 saturated carbocycles. The standard InChI is InChI=1S/C62H111N3O6/c1-6-8-10-12-14-16-18-20-22-24-26-28-30-32-34-40-48-62(49-41-35-33-31-29-27-25-23-21-19-17-15-13-11-9-7-2)70-57(46-52-64(4)5)58(71-62)47-54-69-53-44-37-36-42-50-63-59(66)45-39-38-43-51-65-60(67)55-56(3)61(65)68/h14-17,20-23,56-58H,6-13,18-19,24-55H2,1-5H3,(H,63,66)/b16-14-,17-15-,22-20-,23-21-. The van der Waals surface area contributed by atoms with Gasteiger partial charge in [0.1, 0.15) is 0 Å². The van der Waals surface area contributed by atoms with Gasteiger partial charge in [0, 0.05) is 64.4 Å². The van der Waals surface area contributed by atoms with E-state index in [1.165, 1.54) is 133 Å².